The van der Waals surface area contributed by atoms with Crippen molar-refractivity contribution in [1.82, 2.24) is 5.32 Å². The molecule has 0 saturated carbocycles. The first kappa shape index (κ1) is 20.0. The summed E-state index contributed by atoms with van der Waals surface area (Å²) in [5.74, 6) is 1.57. The summed E-state index contributed by atoms with van der Waals surface area (Å²) < 4.78 is 12.2. The maximum Gasteiger partial charge on any atom is 0.161 e. The molecular formula is C25H29NO2. The second-order valence-electron chi connectivity index (χ2n) is 7.19. The van der Waals surface area contributed by atoms with Crippen LogP contribution in [0.1, 0.15) is 30.5 Å². The fourth-order valence-corrected chi connectivity index (χ4v) is 2.92. The molecule has 0 aliphatic carbocycles. The van der Waals surface area contributed by atoms with Crippen LogP contribution < -0.4 is 14.8 Å². The lowest BCUT2D eigenvalue weighted by Gasteiger charge is -2.15. The Kier molecular flexibility index (Phi) is 7.51. The lowest BCUT2D eigenvalue weighted by Crippen LogP contribution is -2.24. The average Bonchev–Trinajstić information content (AvgIpc) is 2.73. The molecule has 0 aliphatic heterocycles. The molecule has 0 fully saturated rings. The molecule has 0 saturated heterocycles. The zero-order valence-corrected chi connectivity index (χ0v) is 16.7. The third-order valence-electron chi connectivity index (χ3n) is 4.45. The van der Waals surface area contributed by atoms with E-state index in [1.807, 2.05) is 42.5 Å². The van der Waals surface area contributed by atoms with Crippen LogP contribution in [0.5, 0.6) is 11.5 Å². The smallest absolute Gasteiger partial charge is 0.161 e. The Morgan fingerprint density at radius 3 is 1.82 bits per heavy atom. The van der Waals surface area contributed by atoms with Gasteiger partial charge in [-0.15, -0.1) is 0 Å². The van der Waals surface area contributed by atoms with Gasteiger partial charge in [-0.1, -0.05) is 80.6 Å². The molecule has 3 nitrogen and oxygen atoms in total. The van der Waals surface area contributed by atoms with Gasteiger partial charge < -0.3 is 14.8 Å². The van der Waals surface area contributed by atoms with Crippen LogP contribution in [0, 0.1) is 0 Å². The van der Waals surface area contributed by atoms with Crippen molar-refractivity contribution in [2.75, 3.05) is 6.54 Å². The van der Waals surface area contributed by atoms with Gasteiger partial charge in [-0.25, -0.2) is 0 Å². The molecule has 0 bridgehead atoms. The zero-order chi connectivity index (χ0) is 19.6. The number of benzene rings is 3. The van der Waals surface area contributed by atoms with E-state index in [9.17, 15) is 0 Å². The summed E-state index contributed by atoms with van der Waals surface area (Å²) in [6, 6.07) is 27.1. The monoisotopic (exact) mass is 375 g/mol. The highest BCUT2D eigenvalue weighted by Crippen LogP contribution is 2.30. The van der Waals surface area contributed by atoms with Gasteiger partial charge in [0.15, 0.2) is 11.5 Å². The van der Waals surface area contributed by atoms with Gasteiger partial charge in [0, 0.05) is 6.04 Å². The van der Waals surface area contributed by atoms with Gasteiger partial charge in [0.1, 0.15) is 13.2 Å². The molecule has 0 heterocycles. The second kappa shape index (κ2) is 10.5. The van der Waals surface area contributed by atoms with Crippen LogP contribution in [0.2, 0.25) is 0 Å². The topological polar surface area (TPSA) is 30.5 Å². The zero-order valence-electron chi connectivity index (χ0n) is 16.7. The number of hydrogen-bond acceptors (Lipinski definition) is 3. The summed E-state index contributed by atoms with van der Waals surface area (Å²) in [5.41, 5.74) is 3.52. The van der Waals surface area contributed by atoms with E-state index in [1.54, 1.807) is 0 Å². The fourth-order valence-electron chi connectivity index (χ4n) is 2.92. The fraction of sp³-hybridized carbons (Fsp3) is 0.280. The highest BCUT2D eigenvalue weighted by Gasteiger charge is 2.08. The summed E-state index contributed by atoms with van der Waals surface area (Å²) in [6.07, 6.45) is 0.957. The molecular weight excluding hydrogens is 346 g/mol. The molecule has 0 amide bonds. The summed E-state index contributed by atoms with van der Waals surface area (Å²) in [6.45, 7) is 6.32. The van der Waals surface area contributed by atoms with E-state index in [1.165, 1.54) is 5.56 Å². The van der Waals surface area contributed by atoms with Gasteiger partial charge >= 0.3 is 0 Å². The summed E-state index contributed by atoms with van der Waals surface area (Å²) >= 11 is 0. The van der Waals surface area contributed by atoms with Crippen molar-refractivity contribution in [2.45, 2.75) is 39.5 Å². The molecule has 3 rings (SSSR count). The Hall–Kier alpha value is -2.78. The summed E-state index contributed by atoms with van der Waals surface area (Å²) in [7, 11) is 0. The number of rotatable bonds is 10. The Morgan fingerprint density at radius 1 is 0.679 bits per heavy atom. The van der Waals surface area contributed by atoms with Crippen LogP contribution >= 0.6 is 0 Å². The SMILES string of the molecule is CC(C)NCCc1ccc(OCc2ccccc2)c(OCc2ccccc2)c1. The van der Waals surface area contributed by atoms with Crippen molar-refractivity contribution in [3.63, 3.8) is 0 Å². The number of ether oxygens (including phenoxy) is 2. The highest BCUT2D eigenvalue weighted by atomic mass is 16.5. The molecule has 3 heteroatoms. The van der Waals surface area contributed by atoms with E-state index in [2.05, 4.69) is 55.6 Å². The van der Waals surface area contributed by atoms with E-state index >= 15 is 0 Å². The first-order valence-corrected chi connectivity index (χ1v) is 9.90. The van der Waals surface area contributed by atoms with E-state index in [-0.39, 0.29) is 0 Å². The van der Waals surface area contributed by atoms with Crippen molar-refractivity contribution in [3.8, 4) is 11.5 Å². The lowest BCUT2D eigenvalue weighted by atomic mass is 10.1. The van der Waals surface area contributed by atoms with E-state index in [4.69, 9.17) is 9.47 Å². The lowest BCUT2D eigenvalue weighted by molar-refractivity contribution is 0.255. The molecule has 0 aromatic heterocycles. The molecule has 0 unspecified atom stereocenters. The Balaban J connectivity index is 1.70. The van der Waals surface area contributed by atoms with Gasteiger partial charge in [0.25, 0.3) is 0 Å². The van der Waals surface area contributed by atoms with Crippen LogP contribution in [0.4, 0.5) is 0 Å². The predicted molar refractivity (Wildman–Crippen MR) is 115 cm³/mol. The molecule has 28 heavy (non-hydrogen) atoms. The second-order valence-corrected chi connectivity index (χ2v) is 7.19. The van der Waals surface area contributed by atoms with E-state index in [0.717, 1.165) is 35.6 Å². The van der Waals surface area contributed by atoms with Crippen molar-refractivity contribution in [2.24, 2.45) is 0 Å². The summed E-state index contributed by atoms with van der Waals surface area (Å²) in [4.78, 5) is 0. The van der Waals surface area contributed by atoms with Gasteiger partial charge in [-0.2, -0.15) is 0 Å². The normalized spacial score (nSPS) is 10.8. The number of nitrogens with one attached hydrogen (secondary N) is 1. The molecule has 3 aromatic rings. The standard InChI is InChI=1S/C25H29NO2/c1-20(2)26-16-15-21-13-14-24(27-18-22-9-5-3-6-10-22)25(17-21)28-19-23-11-7-4-8-12-23/h3-14,17,20,26H,15-16,18-19H2,1-2H3. The Morgan fingerprint density at radius 2 is 1.25 bits per heavy atom. The third kappa shape index (κ3) is 6.43. The van der Waals surface area contributed by atoms with E-state index < -0.39 is 0 Å². The Labute approximate surface area is 168 Å². The molecule has 3 aromatic carbocycles. The maximum atomic E-state index is 6.13. The molecule has 146 valence electrons. The van der Waals surface area contributed by atoms with Gasteiger partial charge in [-0.05, 0) is 41.8 Å². The highest BCUT2D eigenvalue weighted by molar-refractivity contribution is 5.43. The van der Waals surface area contributed by atoms with Crippen molar-refractivity contribution in [1.29, 1.82) is 0 Å². The molecule has 0 aliphatic rings. The third-order valence-corrected chi connectivity index (χ3v) is 4.45. The first-order valence-electron chi connectivity index (χ1n) is 9.90. The largest absolute Gasteiger partial charge is 0.485 e. The predicted octanol–water partition coefficient (Wildman–Crippen LogP) is 5.39. The molecule has 0 radical (unpaired) electrons. The van der Waals surface area contributed by atoms with Crippen LogP contribution in [0.15, 0.2) is 78.9 Å². The number of hydrogen-bond donors (Lipinski definition) is 1. The first-order chi connectivity index (χ1) is 13.7. The van der Waals surface area contributed by atoms with Crippen LogP contribution in [0.25, 0.3) is 0 Å². The van der Waals surface area contributed by atoms with Crippen molar-refractivity contribution >= 4 is 0 Å². The molecule has 1 N–H and O–H groups in total. The summed E-state index contributed by atoms with van der Waals surface area (Å²) in [5, 5.41) is 3.46. The average molecular weight is 376 g/mol. The molecule has 0 spiro atoms. The molecule has 0 atom stereocenters. The van der Waals surface area contributed by atoms with Crippen molar-refractivity contribution in [3.05, 3.63) is 95.6 Å². The van der Waals surface area contributed by atoms with Crippen LogP contribution in [-0.2, 0) is 19.6 Å². The van der Waals surface area contributed by atoms with Crippen LogP contribution in [-0.4, -0.2) is 12.6 Å². The van der Waals surface area contributed by atoms with Gasteiger partial charge in [0.05, 0.1) is 0 Å². The minimum Gasteiger partial charge on any atom is -0.485 e. The quantitative estimate of drug-likeness (QED) is 0.516. The van der Waals surface area contributed by atoms with Gasteiger partial charge in [0.2, 0.25) is 0 Å². The van der Waals surface area contributed by atoms with Crippen LogP contribution in [0.3, 0.4) is 0 Å². The van der Waals surface area contributed by atoms with E-state index in [0.29, 0.717) is 19.3 Å². The minimum atomic E-state index is 0.488. The Bertz CT molecular complexity index is 832. The van der Waals surface area contributed by atoms with Crippen molar-refractivity contribution < 1.29 is 9.47 Å². The maximum absolute atomic E-state index is 6.13. The minimum absolute atomic E-state index is 0.488. The van der Waals surface area contributed by atoms with Gasteiger partial charge in [-0.3, -0.25) is 0 Å².